The molecule has 0 N–H and O–H groups in total. The second-order valence-corrected chi connectivity index (χ2v) is 13.3. The number of hydrogen-bond donors (Lipinski definition) is 0. The average molecular weight is 406 g/mol. The van der Waals surface area contributed by atoms with Gasteiger partial charge in [0.2, 0.25) is 0 Å². The highest BCUT2D eigenvalue weighted by Crippen LogP contribution is 2.40. The van der Waals surface area contributed by atoms with Crippen LogP contribution in [0.5, 0.6) is 0 Å². The van der Waals surface area contributed by atoms with E-state index in [9.17, 15) is 4.79 Å². The second kappa shape index (κ2) is 9.07. The van der Waals surface area contributed by atoms with Crippen molar-refractivity contribution in [1.29, 1.82) is 5.26 Å². The van der Waals surface area contributed by atoms with Gasteiger partial charge in [0.15, 0.2) is 0 Å². The molecule has 0 spiro atoms. The highest BCUT2D eigenvalue weighted by molar-refractivity contribution is 6.99. The van der Waals surface area contributed by atoms with Crippen molar-refractivity contribution < 1.29 is 9.22 Å². The Labute approximate surface area is 175 Å². The number of Topliss-reactive ketones (excluding diaryl/α,β-unsaturated/α-hetero) is 1. The van der Waals surface area contributed by atoms with Crippen LogP contribution in [0.15, 0.2) is 60.7 Å². The van der Waals surface area contributed by atoms with E-state index in [1.54, 1.807) is 0 Å². The fraction of sp³-hybridized carbons (Fsp3) is 0.440. The van der Waals surface area contributed by atoms with E-state index in [-0.39, 0.29) is 29.3 Å². The number of carbonyl (C=O) groups excluding carboxylic acids is 1. The van der Waals surface area contributed by atoms with Crippen LogP contribution < -0.4 is 10.4 Å². The Morgan fingerprint density at radius 3 is 1.86 bits per heavy atom. The maximum absolute atomic E-state index is 12.1. The molecule has 0 saturated heterocycles. The number of nitrogens with zero attached hydrogens (tertiary/aromatic N) is 1. The zero-order valence-corrected chi connectivity index (χ0v) is 18.7. The Morgan fingerprint density at radius 1 is 0.966 bits per heavy atom. The van der Waals surface area contributed by atoms with Gasteiger partial charge in [-0.3, -0.25) is 4.79 Å². The van der Waals surface area contributed by atoms with Crippen molar-refractivity contribution in [2.45, 2.75) is 64.0 Å². The predicted molar refractivity (Wildman–Crippen MR) is 120 cm³/mol. The molecule has 3 rings (SSSR count). The number of ketones is 1. The highest BCUT2D eigenvalue weighted by Gasteiger charge is 2.51. The maximum atomic E-state index is 12.1. The first-order valence-corrected chi connectivity index (χ1v) is 12.5. The molecule has 1 aliphatic carbocycles. The quantitative estimate of drug-likeness (QED) is 0.660. The minimum Gasteiger partial charge on any atom is -0.404 e. The molecule has 0 aromatic heterocycles. The molecule has 3 nitrogen and oxygen atoms in total. The highest BCUT2D eigenvalue weighted by atomic mass is 28.4. The van der Waals surface area contributed by atoms with Gasteiger partial charge >= 0.3 is 0 Å². The van der Waals surface area contributed by atoms with Crippen molar-refractivity contribution in [3.8, 4) is 6.07 Å². The first-order chi connectivity index (χ1) is 13.9. The molecule has 152 valence electrons. The standard InChI is InChI=1S/C25H31NO2Si/c1-25(2,3)29(22-10-6-4-7-11-22,23-12-8-5-9-13-23)28-21-16-14-20(15-17-21)24(27)18-19-26/h4-13,20-21H,14-18H2,1-3H3. The Bertz CT molecular complexity index is 804. The lowest BCUT2D eigenvalue weighted by Gasteiger charge is -2.46. The molecule has 0 bridgehead atoms. The molecule has 0 atom stereocenters. The van der Waals surface area contributed by atoms with Crippen LogP contribution in [0.25, 0.3) is 0 Å². The minimum absolute atomic E-state index is 0.0219. The largest absolute Gasteiger partial charge is 0.404 e. The first kappa shape index (κ1) is 21.5. The molecule has 1 saturated carbocycles. The normalized spacial score (nSPS) is 20.1. The third kappa shape index (κ3) is 4.52. The Morgan fingerprint density at radius 2 is 1.45 bits per heavy atom. The minimum atomic E-state index is -2.54. The van der Waals surface area contributed by atoms with Gasteiger partial charge in [0.25, 0.3) is 8.32 Å². The lowest BCUT2D eigenvalue weighted by atomic mass is 9.84. The summed E-state index contributed by atoms with van der Waals surface area (Å²) in [5, 5.41) is 11.4. The van der Waals surface area contributed by atoms with Crippen LogP contribution in [0.1, 0.15) is 52.9 Å². The predicted octanol–water partition coefficient (Wildman–Crippen LogP) is 4.60. The maximum Gasteiger partial charge on any atom is 0.261 e. The molecule has 4 heteroatoms. The molecule has 0 aliphatic heterocycles. The lowest BCUT2D eigenvalue weighted by Crippen LogP contribution is -2.67. The number of nitriles is 1. The topological polar surface area (TPSA) is 50.1 Å². The lowest BCUT2D eigenvalue weighted by molar-refractivity contribution is -0.123. The van der Waals surface area contributed by atoms with Crippen LogP contribution in [0, 0.1) is 17.2 Å². The zero-order chi connectivity index (χ0) is 20.9. The van der Waals surface area contributed by atoms with E-state index in [1.807, 2.05) is 6.07 Å². The van der Waals surface area contributed by atoms with Crippen LogP contribution in [0.2, 0.25) is 5.04 Å². The molecule has 1 aliphatic rings. The summed E-state index contributed by atoms with van der Waals surface area (Å²) < 4.78 is 7.17. The van der Waals surface area contributed by atoms with Crippen molar-refractivity contribution in [2.75, 3.05) is 0 Å². The molecular weight excluding hydrogens is 374 g/mol. The summed E-state index contributed by atoms with van der Waals surface area (Å²) in [5.74, 6) is 0.116. The number of hydrogen-bond acceptors (Lipinski definition) is 3. The van der Waals surface area contributed by atoms with E-state index in [4.69, 9.17) is 9.69 Å². The Hall–Kier alpha value is -2.22. The van der Waals surface area contributed by atoms with Gasteiger partial charge in [-0.05, 0) is 41.1 Å². The number of carbonyl (C=O) groups is 1. The SMILES string of the molecule is CC(C)(C)[Si](OC1CCC(C(=O)CC#N)CC1)(c1ccccc1)c1ccccc1. The monoisotopic (exact) mass is 405 g/mol. The van der Waals surface area contributed by atoms with E-state index in [1.165, 1.54) is 10.4 Å². The Balaban J connectivity index is 1.93. The molecule has 0 radical (unpaired) electrons. The van der Waals surface area contributed by atoms with E-state index in [2.05, 4.69) is 81.4 Å². The first-order valence-electron chi connectivity index (χ1n) is 10.6. The van der Waals surface area contributed by atoms with Gasteiger partial charge in [-0.15, -0.1) is 0 Å². The van der Waals surface area contributed by atoms with Gasteiger partial charge in [-0.2, -0.15) is 5.26 Å². The van der Waals surface area contributed by atoms with Gasteiger partial charge < -0.3 is 4.43 Å². The summed E-state index contributed by atoms with van der Waals surface area (Å²) >= 11 is 0. The van der Waals surface area contributed by atoms with Crippen LogP contribution >= 0.6 is 0 Å². The average Bonchev–Trinajstić information content (AvgIpc) is 2.73. The smallest absolute Gasteiger partial charge is 0.261 e. The van der Waals surface area contributed by atoms with E-state index < -0.39 is 8.32 Å². The third-order valence-electron chi connectivity index (χ3n) is 6.14. The number of benzene rings is 2. The van der Waals surface area contributed by atoms with Gasteiger partial charge in [0.1, 0.15) is 5.78 Å². The molecule has 1 fully saturated rings. The number of rotatable bonds is 6. The van der Waals surface area contributed by atoms with Gasteiger partial charge in [0.05, 0.1) is 12.5 Å². The van der Waals surface area contributed by atoms with Crippen LogP contribution in [-0.2, 0) is 9.22 Å². The zero-order valence-electron chi connectivity index (χ0n) is 17.7. The molecule has 2 aromatic rings. The molecule has 2 aromatic carbocycles. The summed E-state index contributed by atoms with van der Waals surface area (Å²) in [4.78, 5) is 12.1. The molecule has 0 amide bonds. The molecule has 0 heterocycles. The van der Waals surface area contributed by atoms with E-state index in [0.717, 1.165) is 25.7 Å². The summed E-state index contributed by atoms with van der Waals surface area (Å²) in [6.45, 7) is 6.88. The summed E-state index contributed by atoms with van der Waals surface area (Å²) in [7, 11) is -2.54. The van der Waals surface area contributed by atoms with E-state index in [0.29, 0.717) is 0 Å². The summed E-state index contributed by atoms with van der Waals surface area (Å²) in [6, 6.07) is 23.4. The van der Waals surface area contributed by atoms with Gasteiger partial charge in [0, 0.05) is 12.0 Å². The molecule has 0 unspecified atom stereocenters. The van der Waals surface area contributed by atoms with Gasteiger partial charge in [-0.1, -0.05) is 81.4 Å². The summed E-state index contributed by atoms with van der Waals surface area (Å²) in [6.07, 6.45) is 3.59. The van der Waals surface area contributed by atoms with E-state index >= 15 is 0 Å². The molecular formula is C25H31NO2Si. The van der Waals surface area contributed by atoms with Crippen LogP contribution in [0.4, 0.5) is 0 Å². The summed E-state index contributed by atoms with van der Waals surface area (Å²) in [5.41, 5.74) is 0. The van der Waals surface area contributed by atoms with Crippen molar-refractivity contribution in [3.63, 3.8) is 0 Å². The van der Waals surface area contributed by atoms with Crippen molar-refractivity contribution in [3.05, 3.63) is 60.7 Å². The van der Waals surface area contributed by atoms with Crippen LogP contribution in [0.3, 0.4) is 0 Å². The van der Waals surface area contributed by atoms with Gasteiger partial charge in [-0.25, -0.2) is 0 Å². The van der Waals surface area contributed by atoms with Crippen molar-refractivity contribution >= 4 is 24.5 Å². The van der Waals surface area contributed by atoms with Crippen molar-refractivity contribution in [2.24, 2.45) is 5.92 Å². The third-order valence-corrected chi connectivity index (χ3v) is 11.2. The molecule has 29 heavy (non-hydrogen) atoms. The van der Waals surface area contributed by atoms with Crippen LogP contribution in [-0.4, -0.2) is 20.2 Å². The Kier molecular flexibility index (Phi) is 6.72. The fourth-order valence-corrected chi connectivity index (χ4v) is 9.42. The van der Waals surface area contributed by atoms with Crippen molar-refractivity contribution in [1.82, 2.24) is 0 Å². The second-order valence-electron chi connectivity index (χ2n) is 9.06. The fourth-order valence-electron chi connectivity index (χ4n) is 4.67.